The maximum Gasteiger partial charge on any atom is 0.334 e. The van der Waals surface area contributed by atoms with E-state index in [2.05, 4.69) is 15.3 Å². The maximum absolute atomic E-state index is 12.2. The van der Waals surface area contributed by atoms with Crippen LogP contribution < -0.4 is 5.32 Å². The predicted molar refractivity (Wildman–Crippen MR) is 84.2 cm³/mol. The van der Waals surface area contributed by atoms with Crippen molar-refractivity contribution in [2.24, 2.45) is 5.28 Å². The number of hydrazine groups is 1. The van der Waals surface area contributed by atoms with Crippen molar-refractivity contribution < 1.29 is 44.2 Å². The van der Waals surface area contributed by atoms with E-state index in [1.54, 1.807) is 0 Å². The molecule has 4 N–H and O–H groups in total. The van der Waals surface area contributed by atoms with Gasteiger partial charge in [0.25, 0.3) is 6.29 Å². The van der Waals surface area contributed by atoms with E-state index >= 15 is 0 Å². The Hall–Kier alpha value is -2.22. The van der Waals surface area contributed by atoms with Gasteiger partial charge in [0.1, 0.15) is 24.4 Å². The molecule has 0 bridgehead atoms. The van der Waals surface area contributed by atoms with Gasteiger partial charge in [-0.15, -0.1) is 5.01 Å². The van der Waals surface area contributed by atoms with Gasteiger partial charge in [-0.05, 0) is 12.8 Å². The zero-order valence-electron chi connectivity index (χ0n) is 14.9. The predicted octanol–water partition coefficient (Wildman–Crippen LogP) is -2.62. The Morgan fingerprint density at radius 3 is 2.70 bits per heavy atom. The van der Waals surface area contributed by atoms with Gasteiger partial charge in [-0.1, -0.05) is 0 Å². The van der Waals surface area contributed by atoms with Gasteiger partial charge in [0, 0.05) is 6.92 Å². The number of amides is 1. The lowest BCUT2D eigenvalue weighted by molar-refractivity contribution is -0.715. The number of carbonyl (C=O) groups is 2. The highest BCUT2D eigenvalue weighted by Crippen LogP contribution is 2.23. The van der Waals surface area contributed by atoms with E-state index in [0.29, 0.717) is 12.8 Å². The van der Waals surface area contributed by atoms with Crippen LogP contribution in [0.25, 0.3) is 0 Å². The largest absolute Gasteiger partial charge is 0.569 e. The van der Waals surface area contributed by atoms with Crippen LogP contribution in [0.1, 0.15) is 19.8 Å². The lowest BCUT2D eigenvalue weighted by Crippen LogP contribution is -2.64. The molecule has 0 spiro atoms. The van der Waals surface area contributed by atoms with Crippen molar-refractivity contribution >= 4 is 11.9 Å². The molecule has 1 unspecified atom stereocenters. The summed E-state index contributed by atoms with van der Waals surface area (Å²) in [6.07, 6.45) is -4.71. The summed E-state index contributed by atoms with van der Waals surface area (Å²) in [6, 6.07) is -2.05. The number of hydrogen-bond donors (Lipinski definition) is 4. The van der Waals surface area contributed by atoms with Crippen LogP contribution in [-0.2, 0) is 23.9 Å². The fraction of sp³-hybridized carbons (Fsp3) is 0.857. The SMILES string of the molecule is COC(=O)C1CCCN1/[N+]([O-])=N/O[C@@H]1O[C@H](CO)[C@@H](O)[C@H](O)[C@H]1NC(C)=O. The van der Waals surface area contributed by atoms with E-state index in [0.717, 1.165) is 5.01 Å². The fourth-order valence-corrected chi connectivity index (χ4v) is 3.03. The fourth-order valence-electron chi connectivity index (χ4n) is 3.03. The molecule has 2 saturated heterocycles. The molecule has 0 radical (unpaired) electrons. The van der Waals surface area contributed by atoms with Crippen LogP contribution in [0.15, 0.2) is 5.28 Å². The Balaban J connectivity index is 2.12. The summed E-state index contributed by atoms with van der Waals surface area (Å²) < 4.78 is 9.91. The van der Waals surface area contributed by atoms with E-state index in [-0.39, 0.29) is 11.5 Å². The van der Waals surface area contributed by atoms with Crippen molar-refractivity contribution in [3.63, 3.8) is 0 Å². The van der Waals surface area contributed by atoms with E-state index < -0.39 is 55.2 Å². The van der Waals surface area contributed by atoms with Gasteiger partial charge in [0.05, 0.1) is 25.2 Å². The molecule has 1 amide bonds. The van der Waals surface area contributed by atoms with Crippen LogP contribution in [-0.4, -0.2) is 94.1 Å². The van der Waals surface area contributed by atoms with Crippen molar-refractivity contribution in [3.05, 3.63) is 5.21 Å². The minimum absolute atomic E-state index is 0.0636. The Morgan fingerprint density at radius 1 is 1.41 bits per heavy atom. The minimum Gasteiger partial charge on any atom is -0.569 e. The second kappa shape index (κ2) is 9.12. The van der Waals surface area contributed by atoms with Crippen molar-refractivity contribution in [2.45, 2.75) is 56.5 Å². The Bertz CT molecular complexity index is 575. The molecular formula is C14H24N4O9. The quantitative estimate of drug-likeness (QED) is 0.162. The third kappa shape index (κ3) is 4.74. The van der Waals surface area contributed by atoms with Crippen molar-refractivity contribution in [2.75, 3.05) is 20.3 Å². The van der Waals surface area contributed by atoms with Crippen molar-refractivity contribution in [3.8, 4) is 0 Å². The average Bonchev–Trinajstić information content (AvgIpc) is 3.13. The number of aliphatic hydroxyl groups excluding tert-OH is 3. The molecule has 0 saturated carbocycles. The van der Waals surface area contributed by atoms with Gasteiger partial charge in [0.15, 0.2) is 6.04 Å². The van der Waals surface area contributed by atoms with E-state index in [4.69, 9.17) is 9.57 Å². The lowest BCUT2D eigenvalue weighted by atomic mass is 9.97. The average molecular weight is 392 g/mol. The lowest BCUT2D eigenvalue weighted by Gasteiger charge is -2.40. The monoisotopic (exact) mass is 392 g/mol. The number of nitrogens with zero attached hydrogens (tertiary/aromatic N) is 3. The summed E-state index contributed by atoms with van der Waals surface area (Å²) in [7, 11) is 1.21. The van der Waals surface area contributed by atoms with Crippen LogP contribution in [0.3, 0.4) is 0 Å². The highest BCUT2D eigenvalue weighted by atomic mass is 16.8. The number of methoxy groups -OCH3 is 1. The standard InChI is InChI=1S/C14H24N4O9/c1-7(20)15-10-12(22)11(21)9(6-19)26-14(10)27-16-18(24)17-5-3-4-8(17)13(23)25-2/h8-12,14,19,21-22H,3-6H2,1-2H3,(H,15,20)/b18-16-/t8?,9-,10-,11-,12-,14+/m1/s1. The summed E-state index contributed by atoms with van der Waals surface area (Å²) in [5.41, 5.74) is 0. The summed E-state index contributed by atoms with van der Waals surface area (Å²) in [6.45, 7) is 0.788. The molecule has 2 fully saturated rings. The molecule has 2 heterocycles. The number of carbonyl (C=O) groups excluding carboxylic acids is 2. The van der Waals surface area contributed by atoms with Crippen LogP contribution in [0.4, 0.5) is 0 Å². The second-order valence-corrected chi connectivity index (χ2v) is 6.22. The molecular weight excluding hydrogens is 368 g/mol. The molecule has 2 aliphatic heterocycles. The first-order chi connectivity index (χ1) is 12.8. The molecule has 13 heteroatoms. The number of aliphatic hydroxyl groups is 3. The summed E-state index contributed by atoms with van der Waals surface area (Å²) in [5, 5.41) is 48.2. The Labute approximate surface area is 154 Å². The first kappa shape index (κ1) is 21.1. The highest BCUT2D eigenvalue weighted by molar-refractivity contribution is 5.75. The summed E-state index contributed by atoms with van der Waals surface area (Å²) in [4.78, 5) is 28.1. The number of nitrogens with one attached hydrogen (secondary N) is 1. The summed E-state index contributed by atoms with van der Waals surface area (Å²) >= 11 is 0. The zero-order chi connectivity index (χ0) is 20.1. The van der Waals surface area contributed by atoms with Gasteiger partial charge in [-0.3, -0.25) is 4.79 Å². The van der Waals surface area contributed by atoms with Gasteiger partial charge >= 0.3 is 5.97 Å². The van der Waals surface area contributed by atoms with Gasteiger partial charge in [0.2, 0.25) is 11.2 Å². The Kier molecular flexibility index (Phi) is 7.12. The van der Waals surface area contributed by atoms with Gasteiger partial charge < -0.3 is 40.2 Å². The topological polar surface area (TPSA) is 176 Å². The molecule has 0 aromatic rings. The van der Waals surface area contributed by atoms with Crippen LogP contribution in [0, 0.1) is 5.21 Å². The van der Waals surface area contributed by atoms with Crippen LogP contribution in [0.5, 0.6) is 0 Å². The molecule has 13 nitrogen and oxygen atoms in total. The molecule has 0 aromatic heterocycles. The molecule has 0 aromatic carbocycles. The normalized spacial score (nSPS) is 34.3. The minimum atomic E-state index is -1.53. The van der Waals surface area contributed by atoms with Crippen molar-refractivity contribution in [1.29, 1.82) is 0 Å². The molecule has 6 atom stereocenters. The van der Waals surface area contributed by atoms with Crippen molar-refractivity contribution in [1.82, 2.24) is 10.3 Å². The number of hydrogen-bond acceptors (Lipinski definition) is 10. The number of rotatable bonds is 6. The van der Waals surface area contributed by atoms with Gasteiger partial charge in [-0.25, -0.2) is 4.79 Å². The third-order valence-corrected chi connectivity index (χ3v) is 4.39. The molecule has 2 aliphatic rings. The number of ether oxygens (including phenoxy) is 2. The smallest absolute Gasteiger partial charge is 0.334 e. The van der Waals surface area contributed by atoms with Crippen LogP contribution in [0.2, 0.25) is 0 Å². The highest BCUT2D eigenvalue weighted by Gasteiger charge is 2.47. The van der Waals surface area contributed by atoms with E-state index in [1.165, 1.54) is 14.0 Å². The third-order valence-electron chi connectivity index (χ3n) is 4.39. The molecule has 2 rings (SSSR count). The first-order valence-corrected chi connectivity index (χ1v) is 8.38. The first-order valence-electron chi connectivity index (χ1n) is 8.38. The van der Waals surface area contributed by atoms with Gasteiger partial charge in [-0.2, -0.15) is 0 Å². The van der Waals surface area contributed by atoms with E-state index in [9.17, 15) is 30.1 Å². The molecule has 0 aliphatic carbocycles. The maximum atomic E-state index is 12.2. The second-order valence-electron chi connectivity index (χ2n) is 6.22. The van der Waals surface area contributed by atoms with E-state index in [1.807, 2.05) is 0 Å². The molecule has 27 heavy (non-hydrogen) atoms. The molecule has 154 valence electrons. The summed E-state index contributed by atoms with van der Waals surface area (Å²) in [5.74, 6) is -1.14. The zero-order valence-corrected chi connectivity index (χ0v) is 14.9. The number of esters is 1. The van der Waals surface area contributed by atoms with Crippen LogP contribution >= 0.6 is 0 Å². The Morgan fingerprint density at radius 2 is 2.11 bits per heavy atom.